The van der Waals surface area contributed by atoms with Crippen LogP contribution in [0.1, 0.15) is 13.3 Å². The minimum atomic E-state index is -3.99. The first-order valence-corrected chi connectivity index (χ1v) is 7.75. The fourth-order valence-electron chi connectivity index (χ4n) is 1.43. The minimum Gasteiger partial charge on any atom is -0.394 e. The fraction of sp³-hybridized carbons (Fsp3) is 0.455. The van der Waals surface area contributed by atoms with E-state index >= 15 is 0 Å². The molecule has 0 fully saturated rings. The summed E-state index contributed by atoms with van der Waals surface area (Å²) in [5.41, 5.74) is -1.33. The van der Waals surface area contributed by atoms with Gasteiger partial charge in [0.15, 0.2) is 0 Å². The van der Waals surface area contributed by atoms with Gasteiger partial charge in [-0.15, -0.1) is 0 Å². The third-order valence-corrected chi connectivity index (χ3v) is 5.11. The average molecular weight is 328 g/mol. The van der Waals surface area contributed by atoms with Crippen LogP contribution in [0.15, 0.2) is 23.1 Å². The van der Waals surface area contributed by atoms with Crippen molar-refractivity contribution in [1.29, 1.82) is 0 Å². The number of sulfonamides is 1. The predicted octanol–water partition coefficient (Wildman–Crippen LogP) is 1.41. The smallest absolute Gasteiger partial charge is 0.242 e. The molecule has 0 unspecified atom stereocenters. The molecule has 0 amide bonds. The van der Waals surface area contributed by atoms with E-state index in [9.17, 15) is 18.6 Å². The van der Waals surface area contributed by atoms with E-state index in [1.165, 1.54) is 18.2 Å². The number of aliphatic hydroxyl groups excluding tert-OH is 2. The van der Waals surface area contributed by atoms with E-state index in [4.69, 9.17) is 23.2 Å². The number of halogens is 2. The van der Waals surface area contributed by atoms with Crippen molar-refractivity contribution >= 4 is 33.2 Å². The molecule has 0 aromatic heterocycles. The highest BCUT2D eigenvalue weighted by molar-refractivity contribution is 7.89. The SMILES string of the molecule is CCC(CO)(CO)NS(=O)(=O)c1cc(Cl)ccc1Cl. The van der Waals surface area contributed by atoms with Crippen LogP contribution < -0.4 is 4.72 Å². The average Bonchev–Trinajstić information content (AvgIpc) is 2.39. The van der Waals surface area contributed by atoms with Gasteiger partial charge in [-0.25, -0.2) is 13.1 Å². The zero-order valence-corrected chi connectivity index (χ0v) is 12.6. The van der Waals surface area contributed by atoms with E-state index in [0.29, 0.717) is 0 Å². The number of hydrogen-bond donors (Lipinski definition) is 3. The third kappa shape index (κ3) is 3.81. The van der Waals surface area contributed by atoms with E-state index < -0.39 is 28.8 Å². The lowest BCUT2D eigenvalue weighted by Crippen LogP contribution is -2.53. The fourth-order valence-corrected chi connectivity index (χ4v) is 3.65. The molecule has 0 atom stereocenters. The van der Waals surface area contributed by atoms with Gasteiger partial charge >= 0.3 is 0 Å². The molecular weight excluding hydrogens is 313 g/mol. The Hall–Kier alpha value is -0.370. The maximum Gasteiger partial charge on any atom is 0.242 e. The van der Waals surface area contributed by atoms with Gasteiger partial charge in [0, 0.05) is 5.02 Å². The van der Waals surface area contributed by atoms with Gasteiger partial charge in [0.05, 0.1) is 23.8 Å². The van der Waals surface area contributed by atoms with Crippen molar-refractivity contribution in [2.75, 3.05) is 13.2 Å². The summed E-state index contributed by atoms with van der Waals surface area (Å²) in [5.74, 6) is 0. The normalized spacial score (nSPS) is 12.7. The molecular formula is C11H15Cl2NO4S. The van der Waals surface area contributed by atoms with Crippen molar-refractivity contribution < 1.29 is 18.6 Å². The molecule has 1 aromatic carbocycles. The number of rotatable bonds is 6. The van der Waals surface area contributed by atoms with Crippen LogP contribution >= 0.6 is 23.2 Å². The van der Waals surface area contributed by atoms with Crippen LogP contribution in [-0.2, 0) is 10.0 Å². The summed E-state index contributed by atoms with van der Waals surface area (Å²) in [6, 6.07) is 4.04. The molecule has 8 heteroatoms. The third-order valence-electron chi connectivity index (χ3n) is 2.82. The van der Waals surface area contributed by atoms with Gasteiger partial charge in [0.2, 0.25) is 10.0 Å². The largest absolute Gasteiger partial charge is 0.394 e. The van der Waals surface area contributed by atoms with Crippen LogP contribution in [0.3, 0.4) is 0 Å². The Morgan fingerprint density at radius 3 is 2.32 bits per heavy atom. The molecule has 0 bridgehead atoms. The maximum atomic E-state index is 12.2. The van der Waals surface area contributed by atoms with Crippen molar-refractivity contribution in [1.82, 2.24) is 4.72 Å². The monoisotopic (exact) mass is 327 g/mol. The summed E-state index contributed by atoms with van der Waals surface area (Å²) in [7, 11) is -3.99. The molecule has 0 radical (unpaired) electrons. The first-order chi connectivity index (χ1) is 8.80. The van der Waals surface area contributed by atoms with Gasteiger partial charge in [-0.05, 0) is 24.6 Å². The Kier molecular flexibility index (Phi) is 5.61. The molecule has 0 spiro atoms. The summed E-state index contributed by atoms with van der Waals surface area (Å²) in [4.78, 5) is -0.193. The Morgan fingerprint density at radius 2 is 1.84 bits per heavy atom. The first kappa shape index (κ1) is 16.7. The molecule has 0 aliphatic carbocycles. The molecule has 108 valence electrons. The second kappa shape index (κ2) is 6.39. The molecule has 5 nitrogen and oxygen atoms in total. The topological polar surface area (TPSA) is 86.6 Å². The standard InChI is InChI=1S/C11H15Cl2NO4S/c1-2-11(6-15,7-16)14-19(17,18)10-5-8(12)3-4-9(10)13/h3-5,14-16H,2,6-7H2,1H3. The summed E-state index contributed by atoms with van der Waals surface area (Å²) < 4.78 is 26.7. The van der Waals surface area contributed by atoms with Gasteiger partial charge in [-0.1, -0.05) is 30.1 Å². The van der Waals surface area contributed by atoms with Crippen LogP contribution in [0.4, 0.5) is 0 Å². The summed E-state index contributed by atoms with van der Waals surface area (Å²) >= 11 is 11.6. The van der Waals surface area contributed by atoms with Gasteiger partial charge < -0.3 is 10.2 Å². The molecule has 3 N–H and O–H groups in total. The molecule has 1 aromatic rings. The van der Waals surface area contributed by atoms with Crippen LogP contribution in [0.25, 0.3) is 0 Å². The van der Waals surface area contributed by atoms with Crippen molar-refractivity contribution in [2.24, 2.45) is 0 Å². The summed E-state index contributed by atoms with van der Waals surface area (Å²) in [5, 5.41) is 18.8. The summed E-state index contributed by atoms with van der Waals surface area (Å²) in [6.07, 6.45) is 0.220. The number of benzene rings is 1. The van der Waals surface area contributed by atoms with E-state index in [2.05, 4.69) is 4.72 Å². The zero-order valence-electron chi connectivity index (χ0n) is 10.2. The molecule has 19 heavy (non-hydrogen) atoms. The van der Waals surface area contributed by atoms with Gasteiger partial charge in [-0.3, -0.25) is 0 Å². The lowest BCUT2D eigenvalue weighted by molar-refractivity contribution is 0.105. The Morgan fingerprint density at radius 1 is 1.26 bits per heavy atom. The Balaban J connectivity index is 3.21. The highest BCUT2D eigenvalue weighted by atomic mass is 35.5. The first-order valence-electron chi connectivity index (χ1n) is 5.51. The van der Waals surface area contributed by atoms with E-state index in [0.717, 1.165) is 0 Å². The molecule has 0 heterocycles. The Bertz CT molecular complexity index is 535. The number of nitrogens with one attached hydrogen (secondary N) is 1. The molecule has 1 rings (SSSR count). The second-order valence-electron chi connectivity index (χ2n) is 4.13. The van der Waals surface area contributed by atoms with Crippen LogP contribution in [0, 0.1) is 0 Å². The second-order valence-corrected chi connectivity index (χ2v) is 6.62. The highest BCUT2D eigenvalue weighted by Gasteiger charge is 2.33. The predicted molar refractivity (Wildman–Crippen MR) is 74.0 cm³/mol. The van der Waals surface area contributed by atoms with Crippen LogP contribution in [-0.4, -0.2) is 37.4 Å². The highest BCUT2D eigenvalue weighted by Crippen LogP contribution is 2.26. The molecule has 0 aliphatic rings. The van der Waals surface area contributed by atoms with E-state index in [1.54, 1.807) is 6.92 Å². The molecule has 0 aliphatic heterocycles. The van der Waals surface area contributed by atoms with Crippen molar-refractivity contribution in [2.45, 2.75) is 23.8 Å². The minimum absolute atomic E-state index is 0.0118. The van der Waals surface area contributed by atoms with Crippen LogP contribution in [0.2, 0.25) is 10.0 Å². The zero-order chi connectivity index (χ0) is 14.7. The summed E-state index contributed by atoms with van der Waals surface area (Å²) in [6.45, 7) is 0.587. The number of hydrogen-bond acceptors (Lipinski definition) is 4. The van der Waals surface area contributed by atoms with Crippen molar-refractivity contribution in [3.05, 3.63) is 28.2 Å². The Labute approximate surface area is 122 Å². The lowest BCUT2D eigenvalue weighted by Gasteiger charge is -2.29. The maximum absolute atomic E-state index is 12.2. The lowest BCUT2D eigenvalue weighted by atomic mass is 10.0. The van der Waals surface area contributed by atoms with Crippen molar-refractivity contribution in [3.63, 3.8) is 0 Å². The van der Waals surface area contributed by atoms with Gasteiger partial charge in [0.1, 0.15) is 4.90 Å². The number of aliphatic hydroxyl groups is 2. The van der Waals surface area contributed by atoms with E-state index in [-0.39, 0.29) is 21.4 Å². The van der Waals surface area contributed by atoms with Gasteiger partial charge in [0.25, 0.3) is 0 Å². The van der Waals surface area contributed by atoms with Gasteiger partial charge in [-0.2, -0.15) is 0 Å². The van der Waals surface area contributed by atoms with Crippen LogP contribution in [0.5, 0.6) is 0 Å². The molecule has 0 saturated carbocycles. The molecule has 0 saturated heterocycles. The van der Waals surface area contributed by atoms with Crippen molar-refractivity contribution in [3.8, 4) is 0 Å². The van der Waals surface area contributed by atoms with E-state index in [1.807, 2.05) is 0 Å². The quantitative estimate of drug-likeness (QED) is 0.737.